The summed E-state index contributed by atoms with van der Waals surface area (Å²) >= 11 is 0. The van der Waals surface area contributed by atoms with Crippen LogP contribution < -0.4 is 10.2 Å². The zero-order valence-corrected chi connectivity index (χ0v) is 14.0. The van der Waals surface area contributed by atoms with E-state index in [1.807, 2.05) is 0 Å². The monoisotopic (exact) mass is 351 g/mol. The van der Waals surface area contributed by atoms with Crippen molar-refractivity contribution in [2.24, 2.45) is 5.92 Å². The Labute approximate surface area is 143 Å². The molecule has 8 heteroatoms. The minimum absolute atomic E-state index is 0.217. The smallest absolute Gasteiger partial charge is 0.245 e. The maximum absolute atomic E-state index is 13.4. The van der Waals surface area contributed by atoms with E-state index in [4.69, 9.17) is 0 Å². The number of halogens is 2. The molecule has 0 radical (unpaired) electrons. The van der Waals surface area contributed by atoms with Crippen LogP contribution in [0, 0.1) is 17.6 Å². The van der Waals surface area contributed by atoms with Gasteiger partial charge in [0.1, 0.15) is 11.5 Å². The number of benzene rings is 1. The van der Waals surface area contributed by atoms with Crippen molar-refractivity contribution in [2.75, 3.05) is 24.5 Å². The van der Waals surface area contributed by atoms with Crippen molar-refractivity contribution in [2.45, 2.75) is 25.8 Å². The summed E-state index contributed by atoms with van der Waals surface area (Å²) < 4.78 is 26.5. The van der Waals surface area contributed by atoms with Crippen LogP contribution in [0.1, 0.15) is 20.3 Å². The third-order valence-electron chi connectivity index (χ3n) is 4.84. The number of hydrogen-bond donors (Lipinski definition) is 1. The van der Waals surface area contributed by atoms with Crippen molar-refractivity contribution in [1.29, 1.82) is 0 Å². The largest absolute Gasteiger partial charge is 0.352 e. The molecule has 0 saturated carbocycles. The lowest BCUT2D eigenvalue weighted by atomic mass is 9.95. The topological polar surface area (TPSA) is 69.7 Å². The minimum atomic E-state index is -1.05. The van der Waals surface area contributed by atoms with Crippen LogP contribution in [0.5, 0.6) is 0 Å². The number of nitrogens with one attached hydrogen (secondary N) is 1. The van der Waals surface area contributed by atoms with Crippen molar-refractivity contribution < 1.29 is 23.2 Å². The van der Waals surface area contributed by atoms with Gasteiger partial charge in [-0.1, -0.05) is 0 Å². The van der Waals surface area contributed by atoms with Crippen LogP contribution >= 0.6 is 0 Å². The average Bonchev–Trinajstić information content (AvgIpc) is 2.94. The highest BCUT2D eigenvalue weighted by Gasteiger charge is 2.46. The van der Waals surface area contributed by atoms with Gasteiger partial charge < -0.3 is 15.1 Å². The number of carbonyl (C=O) groups excluding carboxylic acids is 3. The van der Waals surface area contributed by atoms with E-state index >= 15 is 0 Å². The summed E-state index contributed by atoms with van der Waals surface area (Å²) in [4.78, 5) is 40.2. The lowest BCUT2D eigenvalue weighted by Crippen LogP contribution is -2.64. The van der Waals surface area contributed by atoms with E-state index in [9.17, 15) is 23.2 Å². The Hall–Kier alpha value is -2.51. The first-order chi connectivity index (χ1) is 11.7. The number of anilines is 1. The first-order valence-corrected chi connectivity index (χ1v) is 8.09. The number of amides is 3. The van der Waals surface area contributed by atoms with Gasteiger partial charge in [0.2, 0.25) is 17.7 Å². The van der Waals surface area contributed by atoms with Gasteiger partial charge in [0, 0.05) is 31.4 Å². The van der Waals surface area contributed by atoms with E-state index in [2.05, 4.69) is 5.32 Å². The predicted molar refractivity (Wildman–Crippen MR) is 85.6 cm³/mol. The molecule has 3 rings (SSSR count). The maximum Gasteiger partial charge on any atom is 0.245 e. The molecule has 0 spiro atoms. The molecule has 2 heterocycles. The van der Waals surface area contributed by atoms with Crippen LogP contribution in [-0.2, 0) is 14.4 Å². The summed E-state index contributed by atoms with van der Waals surface area (Å²) in [7, 11) is 0. The second kappa shape index (κ2) is 6.09. The fourth-order valence-electron chi connectivity index (χ4n) is 3.29. The van der Waals surface area contributed by atoms with Gasteiger partial charge in [0.25, 0.3) is 0 Å². The SMILES string of the molecule is CC1(C)C(=O)NCCN1C(=O)C1CCN(c2ccc(F)c(F)c2)C1=O. The number of carbonyl (C=O) groups is 3. The molecule has 1 unspecified atom stereocenters. The normalized spacial score (nSPS) is 23.0. The molecule has 1 atom stereocenters. The Bertz CT molecular complexity index is 751. The van der Waals surface area contributed by atoms with Crippen LogP contribution in [0.2, 0.25) is 0 Å². The molecule has 3 amide bonds. The third-order valence-corrected chi connectivity index (χ3v) is 4.84. The Kier molecular flexibility index (Phi) is 4.22. The van der Waals surface area contributed by atoms with E-state index in [-0.39, 0.29) is 24.6 Å². The molecule has 2 saturated heterocycles. The molecule has 1 aromatic rings. The molecule has 2 fully saturated rings. The standard InChI is InChI=1S/C17H19F2N3O3/c1-17(2)16(25)20-6-8-22(17)15(24)11-5-7-21(14(11)23)10-3-4-12(18)13(19)9-10/h3-4,9,11H,5-8H2,1-2H3,(H,20,25). The fourth-order valence-corrected chi connectivity index (χ4v) is 3.29. The second-order valence-electron chi connectivity index (χ2n) is 6.73. The first kappa shape index (κ1) is 17.3. The van der Waals surface area contributed by atoms with Gasteiger partial charge in [0.05, 0.1) is 0 Å². The fraction of sp³-hybridized carbons (Fsp3) is 0.471. The highest BCUT2D eigenvalue weighted by Crippen LogP contribution is 2.30. The maximum atomic E-state index is 13.4. The van der Waals surface area contributed by atoms with E-state index in [0.29, 0.717) is 13.1 Å². The summed E-state index contributed by atoms with van der Waals surface area (Å²) in [6.07, 6.45) is 0.269. The third kappa shape index (κ3) is 2.85. The van der Waals surface area contributed by atoms with E-state index in [0.717, 1.165) is 12.1 Å². The van der Waals surface area contributed by atoms with Crippen LogP contribution in [0.4, 0.5) is 14.5 Å². The predicted octanol–water partition coefficient (Wildman–Crippen LogP) is 1.05. The van der Waals surface area contributed by atoms with Gasteiger partial charge in [-0.25, -0.2) is 8.78 Å². The molecule has 1 aromatic carbocycles. The molecule has 2 aliphatic heterocycles. The summed E-state index contributed by atoms with van der Waals surface area (Å²) in [6, 6.07) is 3.20. The summed E-state index contributed by atoms with van der Waals surface area (Å²) in [5.74, 6) is -4.10. The second-order valence-corrected chi connectivity index (χ2v) is 6.73. The van der Waals surface area contributed by atoms with Crippen molar-refractivity contribution in [3.05, 3.63) is 29.8 Å². The summed E-state index contributed by atoms with van der Waals surface area (Å²) in [5, 5.41) is 2.70. The Morgan fingerprint density at radius 3 is 2.60 bits per heavy atom. The van der Waals surface area contributed by atoms with Crippen LogP contribution in [0.25, 0.3) is 0 Å². The van der Waals surface area contributed by atoms with Crippen LogP contribution in [-0.4, -0.2) is 47.8 Å². The Balaban J connectivity index is 1.80. The Morgan fingerprint density at radius 1 is 1.20 bits per heavy atom. The lowest BCUT2D eigenvalue weighted by molar-refractivity contribution is -0.153. The molecule has 0 aliphatic carbocycles. The first-order valence-electron chi connectivity index (χ1n) is 8.09. The van der Waals surface area contributed by atoms with E-state index in [1.54, 1.807) is 13.8 Å². The van der Waals surface area contributed by atoms with E-state index < -0.39 is 34.9 Å². The molecule has 134 valence electrons. The zero-order valence-electron chi connectivity index (χ0n) is 14.0. The van der Waals surface area contributed by atoms with Crippen molar-refractivity contribution in [1.82, 2.24) is 10.2 Å². The molecular formula is C17H19F2N3O3. The summed E-state index contributed by atoms with van der Waals surface area (Å²) in [5.41, 5.74) is -0.819. The number of rotatable bonds is 2. The quantitative estimate of drug-likeness (QED) is 0.810. The van der Waals surface area contributed by atoms with E-state index in [1.165, 1.54) is 15.9 Å². The van der Waals surface area contributed by atoms with Crippen molar-refractivity contribution in [3.63, 3.8) is 0 Å². The molecule has 1 N–H and O–H groups in total. The summed E-state index contributed by atoms with van der Waals surface area (Å²) in [6.45, 7) is 4.16. The van der Waals surface area contributed by atoms with Crippen molar-refractivity contribution >= 4 is 23.4 Å². The average molecular weight is 351 g/mol. The van der Waals surface area contributed by atoms with Gasteiger partial charge >= 0.3 is 0 Å². The molecular weight excluding hydrogens is 332 g/mol. The van der Waals surface area contributed by atoms with Gasteiger partial charge in [-0.15, -0.1) is 0 Å². The number of hydrogen-bond acceptors (Lipinski definition) is 3. The molecule has 25 heavy (non-hydrogen) atoms. The van der Waals surface area contributed by atoms with Crippen LogP contribution in [0.15, 0.2) is 18.2 Å². The van der Waals surface area contributed by atoms with Crippen LogP contribution in [0.3, 0.4) is 0 Å². The van der Waals surface area contributed by atoms with Gasteiger partial charge in [-0.2, -0.15) is 0 Å². The molecule has 2 aliphatic rings. The van der Waals surface area contributed by atoms with Gasteiger partial charge in [-0.05, 0) is 32.4 Å². The molecule has 0 aromatic heterocycles. The highest BCUT2D eigenvalue weighted by molar-refractivity contribution is 6.10. The lowest BCUT2D eigenvalue weighted by Gasteiger charge is -2.42. The van der Waals surface area contributed by atoms with Gasteiger partial charge in [0.15, 0.2) is 11.6 Å². The highest BCUT2D eigenvalue weighted by atomic mass is 19.2. The number of nitrogens with zero attached hydrogens (tertiary/aromatic N) is 2. The molecule has 0 bridgehead atoms. The zero-order chi connectivity index (χ0) is 18.4. The van der Waals surface area contributed by atoms with Crippen molar-refractivity contribution in [3.8, 4) is 0 Å². The number of piperazine rings is 1. The Morgan fingerprint density at radius 2 is 1.92 bits per heavy atom. The molecule has 6 nitrogen and oxygen atoms in total. The van der Waals surface area contributed by atoms with Gasteiger partial charge in [-0.3, -0.25) is 14.4 Å². The minimum Gasteiger partial charge on any atom is -0.352 e.